The molecule has 1 heterocycles. The van der Waals surface area contributed by atoms with E-state index in [0.717, 1.165) is 22.9 Å². The van der Waals surface area contributed by atoms with E-state index >= 15 is 0 Å². The van der Waals surface area contributed by atoms with E-state index in [1.807, 2.05) is 24.3 Å². The Kier molecular flexibility index (Phi) is 3.44. The number of rotatable bonds is 4. The fraction of sp³-hybridized carbons (Fsp3) is 0.333. The van der Waals surface area contributed by atoms with Crippen LogP contribution in [0.1, 0.15) is 29.4 Å². The molecule has 5 heteroatoms. The lowest BCUT2D eigenvalue weighted by Crippen LogP contribution is -2.36. The largest absolute Gasteiger partial charge is 0.448 e. The molecule has 1 aromatic carbocycles. The first-order chi connectivity index (χ1) is 9.63. The van der Waals surface area contributed by atoms with Crippen molar-refractivity contribution in [2.75, 3.05) is 0 Å². The second kappa shape index (κ2) is 5.25. The zero-order valence-corrected chi connectivity index (χ0v) is 11.9. The third-order valence-corrected chi connectivity index (χ3v) is 4.30. The molecule has 0 saturated heterocycles. The molecular formula is C15H15NO3S. The van der Waals surface area contributed by atoms with Gasteiger partial charge in [-0.2, -0.15) is 0 Å². The van der Waals surface area contributed by atoms with Crippen LogP contribution in [0.2, 0.25) is 0 Å². The second-order valence-electron chi connectivity index (χ2n) is 4.98. The molecule has 3 rings (SSSR count). The highest BCUT2D eigenvalue weighted by molar-refractivity contribution is 7.20. The van der Waals surface area contributed by atoms with E-state index in [2.05, 4.69) is 5.32 Å². The summed E-state index contributed by atoms with van der Waals surface area (Å²) in [6.07, 6.45) is 1.28. The van der Waals surface area contributed by atoms with Crippen LogP contribution in [-0.4, -0.2) is 24.0 Å². The molecule has 1 N–H and O–H groups in total. The molecule has 1 fully saturated rings. The van der Waals surface area contributed by atoms with Crippen LogP contribution in [0.5, 0.6) is 0 Å². The number of carbonyl (C=O) groups excluding carboxylic acids is 2. The molecule has 0 bridgehead atoms. The molecule has 0 radical (unpaired) electrons. The van der Waals surface area contributed by atoms with Gasteiger partial charge in [0, 0.05) is 10.7 Å². The summed E-state index contributed by atoms with van der Waals surface area (Å²) < 4.78 is 6.25. The molecule has 1 aromatic heterocycles. The first-order valence-electron chi connectivity index (χ1n) is 6.63. The van der Waals surface area contributed by atoms with Gasteiger partial charge in [-0.15, -0.1) is 11.3 Å². The third kappa shape index (κ3) is 2.82. The lowest BCUT2D eigenvalue weighted by Gasteiger charge is -2.12. The molecule has 0 unspecified atom stereocenters. The predicted octanol–water partition coefficient (Wildman–Crippen LogP) is 2.73. The summed E-state index contributed by atoms with van der Waals surface area (Å²) in [6, 6.07) is 9.84. The maximum absolute atomic E-state index is 12.0. The van der Waals surface area contributed by atoms with Crippen LogP contribution in [-0.2, 0) is 9.53 Å². The molecule has 1 saturated carbocycles. The zero-order chi connectivity index (χ0) is 14.1. The lowest BCUT2D eigenvalue weighted by atomic mass is 10.2. The van der Waals surface area contributed by atoms with E-state index in [0.29, 0.717) is 4.88 Å². The van der Waals surface area contributed by atoms with Gasteiger partial charge in [0.05, 0.1) is 0 Å². The Labute approximate surface area is 120 Å². The number of ether oxygens (including phenoxy) is 1. The quantitative estimate of drug-likeness (QED) is 0.880. The number of thiophene rings is 1. The van der Waals surface area contributed by atoms with Gasteiger partial charge < -0.3 is 10.1 Å². The van der Waals surface area contributed by atoms with E-state index < -0.39 is 12.1 Å². The van der Waals surface area contributed by atoms with Crippen LogP contribution in [0.3, 0.4) is 0 Å². The molecule has 0 aliphatic heterocycles. The maximum Gasteiger partial charge on any atom is 0.349 e. The number of carbonyl (C=O) groups is 2. The minimum Gasteiger partial charge on any atom is -0.448 e. The van der Waals surface area contributed by atoms with Gasteiger partial charge in [0.2, 0.25) is 0 Å². The normalized spacial score (nSPS) is 15.8. The van der Waals surface area contributed by atoms with Crippen molar-refractivity contribution in [2.45, 2.75) is 31.9 Å². The van der Waals surface area contributed by atoms with Gasteiger partial charge in [-0.3, -0.25) is 4.79 Å². The fourth-order valence-corrected chi connectivity index (χ4v) is 2.85. The SMILES string of the molecule is C[C@@H](OC(=O)c1cc2ccccc2s1)C(=O)NC1CC1. The van der Waals surface area contributed by atoms with Gasteiger partial charge >= 0.3 is 5.97 Å². The van der Waals surface area contributed by atoms with Crippen molar-refractivity contribution in [1.29, 1.82) is 0 Å². The van der Waals surface area contributed by atoms with E-state index in [1.165, 1.54) is 11.3 Å². The van der Waals surface area contributed by atoms with Gasteiger partial charge in [-0.05, 0) is 37.3 Å². The summed E-state index contributed by atoms with van der Waals surface area (Å²) in [5.41, 5.74) is 0. The summed E-state index contributed by atoms with van der Waals surface area (Å²) in [7, 11) is 0. The van der Waals surface area contributed by atoms with E-state index in [1.54, 1.807) is 13.0 Å². The summed E-state index contributed by atoms with van der Waals surface area (Å²) in [5, 5.41) is 3.84. The number of hydrogen-bond acceptors (Lipinski definition) is 4. The monoisotopic (exact) mass is 289 g/mol. The minimum atomic E-state index is -0.756. The summed E-state index contributed by atoms with van der Waals surface area (Å²) in [6.45, 7) is 1.60. The van der Waals surface area contributed by atoms with Crippen molar-refractivity contribution in [2.24, 2.45) is 0 Å². The number of benzene rings is 1. The van der Waals surface area contributed by atoms with Gasteiger partial charge in [0.25, 0.3) is 5.91 Å². The third-order valence-electron chi connectivity index (χ3n) is 3.20. The molecule has 20 heavy (non-hydrogen) atoms. The molecule has 1 atom stereocenters. The summed E-state index contributed by atoms with van der Waals surface area (Å²) >= 11 is 1.38. The Bertz CT molecular complexity index is 627. The lowest BCUT2D eigenvalue weighted by molar-refractivity contribution is -0.129. The van der Waals surface area contributed by atoms with Crippen molar-refractivity contribution < 1.29 is 14.3 Å². The first kappa shape index (κ1) is 13.1. The van der Waals surface area contributed by atoms with E-state index in [-0.39, 0.29) is 11.9 Å². The first-order valence-corrected chi connectivity index (χ1v) is 7.45. The van der Waals surface area contributed by atoms with Crippen LogP contribution in [0.4, 0.5) is 0 Å². The number of nitrogens with one attached hydrogen (secondary N) is 1. The van der Waals surface area contributed by atoms with Crippen molar-refractivity contribution in [3.05, 3.63) is 35.2 Å². The molecule has 2 aromatic rings. The maximum atomic E-state index is 12.0. The smallest absolute Gasteiger partial charge is 0.349 e. The Hall–Kier alpha value is -1.88. The summed E-state index contributed by atoms with van der Waals surface area (Å²) in [4.78, 5) is 24.3. The molecule has 104 valence electrons. The Morgan fingerprint density at radius 3 is 2.80 bits per heavy atom. The molecule has 0 spiro atoms. The van der Waals surface area contributed by atoms with Crippen LogP contribution in [0, 0.1) is 0 Å². The second-order valence-corrected chi connectivity index (χ2v) is 6.06. The molecule has 1 aliphatic carbocycles. The van der Waals surface area contributed by atoms with E-state index in [4.69, 9.17) is 4.74 Å². The standard InChI is InChI=1S/C15H15NO3S/c1-9(14(17)16-11-6-7-11)19-15(18)13-8-10-4-2-3-5-12(10)20-13/h2-5,8-9,11H,6-7H2,1H3,(H,16,17)/t9-/m1/s1. The van der Waals surface area contributed by atoms with Crippen LogP contribution in [0.15, 0.2) is 30.3 Å². The molecule has 1 amide bonds. The highest BCUT2D eigenvalue weighted by atomic mass is 32.1. The molecule has 1 aliphatic rings. The van der Waals surface area contributed by atoms with Gasteiger partial charge in [0.1, 0.15) is 4.88 Å². The van der Waals surface area contributed by atoms with E-state index in [9.17, 15) is 9.59 Å². The number of esters is 1. The van der Waals surface area contributed by atoms with Crippen molar-refractivity contribution >= 4 is 33.3 Å². The van der Waals surface area contributed by atoms with Gasteiger partial charge in [-0.25, -0.2) is 4.79 Å². The van der Waals surface area contributed by atoms with Crippen LogP contribution in [0.25, 0.3) is 10.1 Å². The van der Waals surface area contributed by atoms with Crippen molar-refractivity contribution in [3.8, 4) is 0 Å². The van der Waals surface area contributed by atoms with Gasteiger partial charge in [0.15, 0.2) is 6.10 Å². The Balaban J connectivity index is 1.67. The number of hydrogen-bond donors (Lipinski definition) is 1. The molecular weight excluding hydrogens is 274 g/mol. The number of fused-ring (bicyclic) bond motifs is 1. The molecule has 4 nitrogen and oxygen atoms in total. The minimum absolute atomic E-state index is 0.220. The summed E-state index contributed by atoms with van der Waals surface area (Å²) in [5.74, 6) is -0.661. The average molecular weight is 289 g/mol. The number of amides is 1. The van der Waals surface area contributed by atoms with Crippen LogP contribution >= 0.6 is 11.3 Å². The fourth-order valence-electron chi connectivity index (χ4n) is 1.90. The van der Waals surface area contributed by atoms with Crippen LogP contribution < -0.4 is 5.32 Å². The highest BCUT2D eigenvalue weighted by Crippen LogP contribution is 2.26. The topological polar surface area (TPSA) is 55.4 Å². The zero-order valence-electron chi connectivity index (χ0n) is 11.1. The van der Waals surface area contributed by atoms with Crippen molar-refractivity contribution in [1.82, 2.24) is 5.32 Å². The Morgan fingerprint density at radius 1 is 1.35 bits per heavy atom. The van der Waals surface area contributed by atoms with Crippen molar-refractivity contribution in [3.63, 3.8) is 0 Å². The Morgan fingerprint density at radius 2 is 2.10 bits per heavy atom. The predicted molar refractivity (Wildman–Crippen MR) is 77.9 cm³/mol. The van der Waals surface area contributed by atoms with Gasteiger partial charge in [-0.1, -0.05) is 18.2 Å². The average Bonchev–Trinajstić information content (AvgIpc) is 3.13. The highest BCUT2D eigenvalue weighted by Gasteiger charge is 2.27.